The van der Waals surface area contributed by atoms with Crippen LogP contribution in [0.25, 0.3) is 0 Å². The third-order valence-corrected chi connectivity index (χ3v) is 4.03. The Hall–Kier alpha value is -2.23. The molecule has 2 rings (SSSR count). The fourth-order valence-electron chi connectivity index (χ4n) is 2.58. The van der Waals surface area contributed by atoms with Gasteiger partial charge in [0.2, 0.25) is 0 Å². The first-order valence-electron chi connectivity index (χ1n) is 7.74. The SMILES string of the molecule is C=C1C(O)=C(C(=O)NC(C)CCc2ccccc2)CN1CC. The van der Waals surface area contributed by atoms with Gasteiger partial charge in [-0.15, -0.1) is 0 Å². The average Bonchev–Trinajstić information content (AvgIpc) is 2.82. The number of aliphatic hydroxyl groups is 1. The topological polar surface area (TPSA) is 52.6 Å². The molecule has 0 saturated heterocycles. The number of nitrogens with zero attached hydrogens (tertiary/aromatic N) is 1. The predicted octanol–water partition coefficient (Wildman–Crippen LogP) is 2.79. The van der Waals surface area contributed by atoms with Crippen molar-refractivity contribution in [1.29, 1.82) is 0 Å². The van der Waals surface area contributed by atoms with Crippen LogP contribution in [0, 0.1) is 0 Å². The number of aryl methyl sites for hydroxylation is 1. The predicted molar refractivity (Wildman–Crippen MR) is 88.4 cm³/mol. The van der Waals surface area contributed by atoms with Crippen molar-refractivity contribution in [1.82, 2.24) is 10.2 Å². The molecule has 1 heterocycles. The van der Waals surface area contributed by atoms with Gasteiger partial charge >= 0.3 is 0 Å². The minimum absolute atomic E-state index is 0.0228. The van der Waals surface area contributed by atoms with E-state index < -0.39 is 0 Å². The van der Waals surface area contributed by atoms with Gasteiger partial charge in [-0.25, -0.2) is 0 Å². The fourth-order valence-corrected chi connectivity index (χ4v) is 2.58. The molecule has 1 unspecified atom stereocenters. The molecule has 0 radical (unpaired) electrons. The summed E-state index contributed by atoms with van der Waals surface area (Å²) < 4.78 is 0. The first-order chi connectivity index (χ1) is 10.5. The fraction of sp³-hybridized carbons (Fsp3) is 0.389. The minimum atomic E-state index is -0.199. The molecule has 1 aliphatic rings. The van der Waals surface area contributed by atoms with Gasteiger partial charge in [0, 0.05) is 12.6 Å². The average molecular weight is 300 g/mol. The van der Waals surface area contributed by atoms with Crippen LogP contribution in [-0.4, -0.2) is 35.0 Å². The van der Waals surface area contributed by atoms with Crippen LogP contribution in [0.3, 0.4) is 0 Å². The molecule has 2 N–H and O–H groups in total. The second-order valence-corrected chi connectivity index (χ2v) is 5.69. The summed E-state index contributed by atoms with van der Waals surface area (Å²) in [5, 5.41) is 13.0. The molecule has 4 heteroatoms. The lowest BCUT2D eigenvalue weighted by Crippen LogP contribution is -2.35. The Balaban J connectivity index is 1.88. The molecule has 1 atom stereocenters. The van der Waals surface area contributed by atoms with Crippen LogP contribution in [0.5, 0.6) is 0 Å². The highest BCUT2D eigenvalue weighted by Gasteiger charge is 2.28. The Kier molecular flexibility index (Phi) is 5.26. The number of benzene rings is 1. The van der Waals surface area contributed by atoms with Crippen LogP contribution in [0.2, 0.25) is 0 Å². The summed E-state index contributed by atoms with van der Waals surface area (Å²) in [5.74, 6) is -0.176. The Morgan fingerprint density at radius 3 is 2.68 bits per heavy atom. The summed E-state index contributed by atoms with van der Waals surface area (Å²) in [7, 11) is 0. The van der Waals surface area contributed by atoms with Crippen LogP contribution < -0.4 is 5.32 Å². The van der Waals surface area contributed by atoms with Gasteiger partial charge in [0.05, 0.1) is 17.8 Å². The number of carbonyl (C=O) groups is 1. The quantitative estimate of drug-likeness (QED) is 0.849. The zero-order valence-electron chi connectivity index (χ0n) is 13.3. The molecular formula is C18H24N2O2. The molecule has 0 fully saturated rings. The molecule has 118 valence electrons. The molecule has 0 spiro atoms. The van der Waals surface area contributed by atoms with Gasteiger partial charge in [0.15, 0.2) is 0 Å². The highest BCUT2D eigenvalue weighted by atomic mass is 16.3. The van der Waals surface area contributed by atoms with Crippen LogP contribution in [0.15, 0.2) is 53.9 Å². The lowest BCUT2D eigenvalue weighted by molar-refractivity contribution is -0.118. The van der Waals surface area contributed by atoms with Crippen LogP contribution in [-0.2, 0) is 11.2 Å². The molecule has 0 saturated carbocycles. The minimum Gasteiger partial charge on any atom is -0.505 e. The lowest BCUT2D eigenvalue weighted by Gasteiger charge is -2.17. The maximum absolute atomic E-state index is 12.3. The maximum Gasteiger partial charge on any atom is 0.253 e. The van der Waals surface area contributed by atoms with Crippen molar-refractivity contribution in [2.24, 2.45) is 0 Å². The van der Waals surface area contributed by atoms with Crippen molar-refractivity contribution in [3.63, 3.8) is 0 Å². The molecule has 1 aromatic rings. The molecule has 1 aliphatic heterocycles. The van der Waals surface area contributed by atoms with E-state index in [0.717, 1.165) is 19.4 Å². The lowest BCUT2D eigenvalue weighted by atomic mass is 10.1. The van der Waals surface area contributed by atoms with Gasteiger partial charge in [-0.1, -0.05) is 36.9 Å². The van der Waals surface area contributed by atoms with Gasteiger partial charge in [-0.2, -0.15) is 0 Å². The van der Waals surface area contributed by atoms with E-state index in [2.05, 4.69) is 24.0 Å². The summed E-state index contributed by atoms with van der Waals surface area (Å²) in [5.41, 5.74) is 2.21. The molecule has 4 nitrogen and oxygen atoms in total. The number of amides is 1. The number of hydrogen-bond acceptors (Lipinski definition) is 3. The zero-order chi connectivity index (χ0) is 16.1. The van der Waals surface area contributed by atoms with E-state index >= 15 is 0 Å². The van der Waals surface area contributed by atoms with E-state index in [4.69, 9.17) is 0 Å². The first kappa shape index (κ1) is 16.1. The van der Waals surface area contributed by atoms with Crippen molar-refractivity contribution >= 4 is 5.91 Å². The Labute approximate surface area is 132 Å². The molecule has 0 bridgehead atoms. The monoisotopic (exact) mass is 300 g/mol. The number of carbonyl (C=O) groups excluding carboxylic acids is 1. The second kappa shape index (κ2) is 7.16. The van der Waals surface area contributed by atoms with Gasteiger partial charge in [-0.05, 0) is 32.3 Å². The van der Waals surface area contributed by atoms with Crippen molar-refractivity contribution in [3.05, 3.63) is 59.5 Å². The van der Waals surface area contributed by atoms with E-state index in [-0.39, 0.29) is 17.7 Å². The summed E-state index contributed by atoms with van der Waals surface area (Å²) in [6.45, 7) is 8.93. The highest BCUT2D eigenvalue weighted by Crippen LogP contribution is 2.24. The maximum atomic E-state index is 12.3. The van der Waals surface area contributed by atoms with E-state index in [1.165, 1.54) is 5.56 Å². The van der Waals surface area contributed by atoms with Gasteiger partial charge in [0.25, 0.3) is 5.91 Å². The smallest absolute Gasteiger partial charge is 0.253 e. The molecule has 22 heavy (non-hydrogen) atoms. The largest absolute Gasteiger partial charge is 0.505 e. The van der Waals surface area contributed by atoms with Crippen molar-refractivity contribution < 1.29 is 9.90 Å². The normalized spacial score (nSPS) is 16.1. The van der Waals surface area contributed by atoms with Gasteiger partial charge in [0.1, 0.15) is 5.76 Å². The summed E-state index contributed by atoms with van der Waals surface area (Å²) in [4.78, 5) is 14.2. The van der Waals surface area contributed by atoms with Crippen molar-refractivity contribution in [2.45, 2.75) is 32.7 Å². The number of nitrogens with one attached hydrogen (secondary N) is 1. The van der Waals surface area contributed by atoms with Crippen LogP contribution in [0.4, 0.5) is 0 Å². The summed E-state index contributed by atoms with van der Waals surface area (Å²) in [6.07, 6.45) is 1.78. The summed E-state index contributed by atoms with van der Waals surface area (Å²) >= 11 is 0. The summed E-state index contributed by atoms with van der Waals surface area (Å²) in [6, 6.07) is 10.3. The van der Waals surface area contributed by atoms with Gasteiger partial charge < -0.3 is 15.3 Å². The molecule has 0 aromatic heterocycles. The van der Waals surface area contributed by atoms with E-state index in [1.807, 2.05) is 36.9 Å². The number of likely N-dealkylation sites (N-methyl/N-ethyl adjacent to an activating group) is 1. The van der Waals surface area contributed by atoms with E-state index in [0.29, 0.717) is 17.8 Å². The third kappa shape index (κ3) is 3.70. The van der Waals surface area contributed by atoms with Crippen LogP contribution >= 0.6 is 0 Å². The molecule has 0 aliphatic carbocycles. The number of hydrogen-bond donors (Lipinski definition) is 2. The Bertz CT molecular complexity index is 578. The van der Waals surface area contributed by atoms with E-state index in [1.54, 1.807) is 0 Å². The molecule has 1 aromatic carbocycles. The first-order valence-corrected chi connectivity index (χ1v) is 7.74. The second-order valence-electron chi connectivity index (χ2n) is 5.69. The molecular weight excluding hydrogens is 276 g/mol. The Morgan fingerprint density at radius 1 is 1.41 bits per heavy atom. The van der Waals surface area contributed by atoms with Crippen LogP contribution in [0.1, 0.15) is 25.8 Å². The third-order valence-electron chi connectivity index (χ3n) is 4.03. The zero-order valence-corrected chi connectivity index (χ0v) is 13.3. The standard InChI is InChI=1S/C18H24N2O2/c1-4-20-12-16(17(21)14(20)3)18(22)19-13(2)10-11-15-8-6-5-7-9-15/h5-9,13,21H,3-4,10-12H2,1-2H3,(H,19,22). The highest BCUT2D eigenvalue weighted by molar-refractivity contribution is 5.96. The van der Waals surface area contributed by atoms with E-state index in [9.17, 15) is 9.90 Å². The van der Waals surface area contributed by atoms with Crippen molar-refractivity contribution in [2.75, 3.05) is 13.1 Å². The van der Waals surface area contributed by atoms with Gasteiger partial charge in [-0.3, -0.25) is 4.79 Å². The molecule has 1 amide bonds. The Morgan fingerprint density at radius 2 is 2.09 bits per heavy atom. The van der Waals surface area contributed by atoms with Crippen molar-refractivity contribution in [3.8, 4) is 0 Å². The number of aliphatic hydroxyl groups excluding tert-OH is 1. The number of rotatable bonds is 6.